The SMILES string of the molecule is CCCN1CCCCC(c2cccc(Oc3cc(C(CNC(=O)NC(C)(C)C)c4cncn4C)ccc3C#N)c2)C1=O. The van der Waals surface area contributed by atoms with Gasteiger partial charge in [0.15, 0.2) is 0 Å². The third-order valence-corrected chi connectivity index (χ3v) is 7.46. The minimum atomic E-state index is -0.369. The summed E-state index contributed by atoms with van der Waals surface area (Å²) in [5, 5.41) is 15.8. The molecule has 1 aromatic heterocycles. The zero-order chi connectivity index (χ0) is 30.3. The van der Waals surface area contributed by atoms with E-state index >= 15 is 0 Å². The molecule has 4 rings (SSSR count). The van der Waals surface area contributed by atoms with E-state index in [1.165, 1.54) is 0 Å². The molecule has 9 nitrogen and oxygen atoms in total. The number of nitrogens with zero attached hydrogens (tertiary/aromatic N) is 4. The Labute approximate surface area is 248 Å². The van der Waals surface area contributed by atoms with Gasteiger partial charge in [-0.1, -0.05) is 31.5 Å². The highest BCUT2D eigenvalue weighted by atomic mass is 16.5. The molecule has 1 aliphatic rings. The lowest BCUT2D eigenvalue weighted by atomic mass is 9.93. The number of ether oxygens (including phenoxy) is 1. The molecule has 9 heteroatoms. The van der Waals surface area contributed by atoms with E-state index in [0.717, 1.165) is 55.6 Å². The van der Waals surface area contributed by atoms with Crippen molar-refractivity contribution >= 4 is 11.9 Å². The molecule has 1 aliphatic heterocycles. The number of rotatable bonds is 9. The van der Waals surface area contributed by atoms with Crippen molar-refractivity contribution in [1.29, 1.82) is 5.26 Å². The molecular formula is C33H42N6O3. The van der Waals surface area contributed by atoms with Crippen LogP contribution < -0.4 is 15.4 Å². The van der Waals surface area contributed by atoms with Gasteiger partial charge >= 0.3 is 6.03 Å². The standard InChI is InChI=1S/C33H42N6O3/c1-6-15-39-16-8-7-12-27(31(39)40)23-10-9-11-26(17-23)42-30-18-24(13-14-25(30)19-34)28(29-21-35-22-38(29)5)20-36-32(41)37-33(2,3)4/h9-11,13-14,17-18,21-22,27-28H,6-8,12,15-16,20H2,1-5H3,(H2,36,37,41). The number of hydrogen-bond donors (Lipinski definition) is 2. The molecule has 0 bridgehead atoms. The third-order valence-electron chi connectivity index (χ3n) is 7.46. The lowest BCUT2D eigenvalue weighted by Gasteiger charge is -2.24. The van der Waals surface area contributed by atoms with Gasteiger partial charge in [-0.3, -0.25) is 4.79 Å². The van der Waals surface area contributed by atoms with Crippen LogP contribution in [0.2, 0.25) is 0 Å². The van der Waals surface area contributed by atoms with Crippen molar-refractivity contribution < 1.29 is 14.3 Å². The Bertz CT molecular complexity index is 1430. The molecule has 2 aromatic carbocycles. The molecule has 2 N–H and O–H groups in total. The number of amides is 3. The second kappa shape index (κ2) is 13.6. The molecule has 222 valence electrons. The van der Waals surface area contributed by atoms with E-state index in [4.69, 9.17) is 4.74 Å². The highest BCUT2D eigenvalue weighted by Crippen LogP contribution is 2.34. The Morgan fingerprint density at radius 2 is 2.02 bits per heavy atom. The van der Waals surface area contributed by atoms with Gasteiger partial charge in [0, 0.05) is 50.0 Å². The van der Waals surface area contributed by atoms with Crippen molar-refractivity contribution in [2.24, 2.45) is 7.05 Å². The number of aryl methyl sites for hydroxylation is 1. The van der Waals surface area contributed by atoms with Crippen LogP contribution in [0.5, 0.6) is 11.5 Å². The van der Waals surface area contributed by atoms with Gasteiger partial charge in [0.1, 0.15) is 17.6 Å². The second-order valence-electron chi connectivity index (χ2n) is 12.0. The first-order valence-corrected chi connectivity index (χ1v) is 14.7. The van der Waals surface area contributed by atoms with Crippen LogP contribution in [0.4, 0.5) is 4.79 Å². The van der Waals surface area contributed by atoms with E-state index in [1.54, 1.807) is 18.6 Å². The van der Waals surface area contributed by atoms with E-state index in [-0.39, 0.29) is 29.3 Å². The van der Waals surface area contributed by atoms with Crippen LogP contribution in [0.15, 0.2) is 55.0 Å². The summed E-state index contributed by atoms with van der Waals surface area (Å²) in [4.78, 5) is 32.2. The van der Waals surface area contributed by atoms with E-state index < -0.39 is 0 Å². The van der Waals surface area contributed by atoms with Gasteiger partial charge < -0.3 is 24.8 Å². The molecule has 2 heterocycles. The number of carbonyl (C=O) groups is 2. The van der Waals surface area contributed by atoms with E-state index in [0.29, 0.717) is 23.6 Å². The number of nitriles is 1. The fourth-order valence-electron chi connectivity index (χ4n) is 5.44. The highest BCUT2D eigenvalue weighted by molar-refractivity contribution is 5.84. The van der Waals surface area contributed by atoms with Gasteiger partial charge in [0.05, 0.1) is 17.8 Å². The Morgan fingerprint density at radius 1 is 1.21 bits per heavy atom. The van der Waals surface area contributed by atoms with Crippen molar-refractivity contribution in [1.82, 2.24) is 25.1 Å². The first-order chi connectivity index (χ1) is 20.1. The minimum Gasteiger partial charge on any atom is -0.456 e. The number of nitrogens with one attached hydrogen (secondary N) is 2. The monoisotopic (exact) mass is 570 g/mol. The normalized spacial score (nSPS) is 16.3. The fraction of sp³-hybridized carbons (Fsp3) is 0.455. The third kappa shape index (κ3) is 7.69. The Balaban J connectivity index is 1.62. The van der Waals surface area contributed by atoms with Crippen LogP contribution in [0, 0.1) is 11.3 Å². The van der Waals surface area contributed by atoms with Crippen LogP contribution in [0.1, 0.15) is 87.6 Å². The lowest BCUT2D eigenvalue weighted by molar-refractivity contribution is -0.132. The van der Waals surface area contributed by atoms with Crippen LogP contribution in [-0.2, 0) is 11.8 Å². The number of imidazole rings is 1. The molecule has 2 atom stereocenters. The van der Waals surface area contributed by atoms with Crippen molar-refractivity contribution in [3.8, 4) is 17.6 Å². The van der Waals surface area contributed by atoms with Gasteiger partial charge in [0.25, 0.3) is 0 Å². The summed E-state index contributed by atoms with van der Waals surface area (Å²) in [6, 6.07) is 15.1. The summed E-state index contributed by atoms with van der Waals surface area (Å²) in [6.45, 7) is 9.78. The average molecular weight is 571 g/mol. The average Bonchev–Trinajstić information content (AvgIpc) is 3.27. The molecule has 1 fully saturated rings. The van der Waals surface area contributed by atoms with Crippen LogP contribution in [0.25, 0.3) is 0 Å². The smallest absolute Gasteiger partial charge is 0.315 e. The molecule has 2 unspecified atom stereocenters. The first-order valence-electron chi connectivity index (χ1n) is 14.7. The summed E-state index contributed by atoms with van der Waals surface area (Å²) < 4.78 is 8.25. The molecule has 0 spiro atoms. The maximum atomic E-state index is 13.4. The summed E-state index contributed by atoms with van der Waals surface area (Å²) in [6.07, 6.45) is 7.26. The van der Waals surface area contributed by atoms with Gasteiger partial charge in [0.2, 0.25) is 5.91 Å². The maximum absolute atomic E-state index is 13.4. The number of carbonyl (C=O) groups excluding carboxylic acids is 2. The van der Waals surface area contributed by atoms with E-state index in [2.05, 4.69) is 28.6 Å². The molecule has 3 amide bonds. The highest BCUT2D eigenvalue weighted by Gasteiger charge is 2.28. The minimum absolute atomic E-state index is 0.174. The Kier molecular flexibility index (Phi) is 9.89. The van der Waals surface area contributed by atoms with Crippen molar-refractivity contribution in [2.75, 3.05) is 19.6 Å². The van der Waals surface area contributed by atoms with Crippen molar-refractivity contribution in [3.63, 3.8) is 0 Å². The zero-order valence-corrected chi connectivity index (χ0v) is 25.3. The predicted octanol–water partition coefficient (Wildman–Crippen LogP) is 5.82. The van der Waals surface area contributed by atoms with Crippen molar-refractivity contribution in [2.45, 2.75) is 70.8 Å². The summed E-state index contributed by atoms with van der Waals surface area (Å²) >= 11 is 0. The van der Waals surface area contributed by atoms with Crippen LogP contribution >= 0.6 is 0 Å². The summed E-state index contributed by atoms with van der Waals surface area (Å²) in [5.74, 6) is 0.716. The fourth-order valence-corrected chi connectivity index (χ4v) is 5.44. The molecule has 0 saturated carbocycles. The predicted molar refractivity (Wildman–Crippen MR) is 162 cm³/mol. The second-order valence-corrected chi connectivity index (χ2v) is 12.0. The number of likely N-dealkylation sites (tertiary alicyclic amines) is 1. The zero-order valence-electron chi connectivity index (χ0n) is 25.3. The van der Waals surface area contributed by atoms with Gasteiger partial charge in [-0.15, -0.1) is 0 Å². The number of urea groups is 1. The number of hydrogen-bond acceptors (Lipinski definition) is 5. The van der Waals surface area contributed by atoms with Crippen LogP contribution in [-0.4, -0.2) is 51.6 Å². The Hall–Kier alpha value is -4.32. The van der Waals surface area contributed by atoms with E-state index in [1.807, 2.05) is 73.7 Å². The molecular weight excluding hydrogens is 528 g/mol. The van der Waals surface area contributed by atoms with E-state index in [9.17, 15) is 14.9 Å². The number of aromatic nitrogens is 2. The molecule has 3 aromatic rings. The quantitative estimate of drug-likeness (QED) is 0.337. The van der Waals surface area contributed by atoms with Crippen molar-refractivity contribution in [3.05, 3.63) is 77.4 Å². The number of benzene rings is 2. The maximum Gasteiger partial charge on any atom is 0.315 e. The first kappa shape index (κ1) is 30.6. The van der Waals surface area contributed by atoms with Gasteiger partial charge in [-0.05, 0) is 75.4 Å². The Morgan fingerprint density at radius 3 is 2.71 bits per heavy atom. The van der Waals surface area contributed by atoms with Gasteiger partial charge in [-0.25, -0.2) is 9.78 Å². The molecule has 42 heavy (non-hydrogen) atoms. The van der Waals surface area contributed by atoms with Gasteiger partial charge in [-0.2, -0.15) is 5.26 Å². The molecule has 1 saturated heterocycles. The lowest BCUT2D eigenvalue weighted by Crippen LogP contribution is -2.47. The largest absolute Gasteiger partial charge is 0.456 e. The topological polar surface area (TPSA) is 112 Å². The van der Waals surface area contributed by atoms with Crippen LogP contribution in [0.3, 0.4) is 0 Å². The molecule has 0 radical (unpaired) electrons. The summed E-state index contributed by atoms with van der Waals surface area (Å²) in [5.41, 5.74) is 2.73. The summed E-state index contributed by atoms with van der Waals surface area (Å²) in [7, 11) is 1.91. The molecule has 0 aliphatic carbocycles.